The Labute approximate surface area is 436 Å². The Bertz CT molecular complexity index is 2420. The smallest absolute Gasteiger partial charge is 0.123 e. The highest BCUT2D eigenvalue weighted by atomic mass is 19.1. The number of pyridine rings is 1. The second kappa shape index (κ2) is 32.4. The van der Waals surface area contributed by atoms with Crippen molar-refractivity contribution in [3.05, 3.63) is 274 Å². The van der Waals surface area contributed by atoms with Gasteiger partial charge in [0.15, 0.2) is 0 Å². The molecule has 1 aromatic heterocycles. The van der Waals surface area contributed by atoms with Crippen molar-refractivity contribution >= 4 is 0 Å². The van der Waals surface area contributed by atoms with E-state index in [0.29, 0.717) is 40.8 Å². The van der Waals surface area contributed by atoms with Crippen LogP contribution in [0.4, 0.5) is 4.39 Å². The van der Waals surface area contributed by atoms with E-state index < -0.39 is 0 Å². The first-order chi connectivity index (χ1) is 34.3. The van der Waals surface area contributed by atoms with E-state index in [4.69, 9.17) is 5.11 Å². The van der Waals surface area contributed by atoms with Crippen molar-refractivity contribution in [2.45, 2.75) is 139 Å². The van der Waals surface area contributed by atoms with Gasteiger partial charge in [0.05, 0.1) is 0 Å². The van der Waals surface area contributed by atoms with Crippen LogP contribution < -0.4 is 0 Å². The maximum atomic E-state index is 12.4. The maximum absolute atomic E-state index is 12.4. The second-order valence-electron chi connectivity index (χ2n) is 21.2. The van der Waals surface area contributed by atoms with E-state index in [1.165, 1.54) is 67.8 Å². The molecule has 0 amide bonds. The molecule has 8 aromatic rings. The monoisotopic (exact) mass is 964 g/mol. The van der Waals surface area contributed by atoms with Gasteiger partial charge in [-0.25, -0.2) is 4.39 Å². The van der Waals surface area contributed by atoms with Crippen LogP contribution in [-0.2, 0) is 19.3 Å². The minimum Gasteiger partial charge on any atom is -0.508 e. The van der Waals surface area contributed by atoms with Gasteiger partial charge in [-0.1, -0.05) is 254 Å². The van der Waals surface area contributed by atoms with Gasteiger partial charge in [0.1, 0.15) is 11.6 Å². The molecule has 0 saturated heterocycles. The number of rotatable bonds is 10. The lowest BCUT2D eigenvalue weighted by Gasteiger charge is -2.17. The zero-order valence-corrected chi connectivity index (χ0v) is 46.0. The summed E-state index contributed by atoms with van der Waals surface area (Å²) in [5.41, 5.74) is 13.9. The molecule has 0 aliphatic heterocycles. The standard InChI is InChI=1S/C16H18.C15H17N.C11H16.C9H11F.C9H12O.C9H12/c1-13(2)16-10-8-15(9-11-16)12-14-6-4-3-5-7-14;1-12(2)15-5-3-13(4-6-15)11-14-7-9-16-10-8-14;1-11(2,3)9-10-7-5-4-6-8-10;2*1-7(2)8-3-5-9(10)6-4-8;1-8(2)9-6-4-3-5-7-9/h3-11,13H,12H2,1-2H3;3-10,12H,11H2,1-2H3;4-8H,9H2,1-3H3;3-7H,1-2H3;3-7,10H,1-2H3;3-8H,1-2H3. The predicted octanol–water partition coefficient (Wildman–Crippen LogP) is 19.7. The maximum Gasteiger partial charge on any atom is 0.123 e. The molecule has 0 radical (unpaired) electrons. The Morgan fingerprint density at radius 3 is 0.958 bits per heavy atom. The summed E-state index contributed by atoms with van der Waals surface area (Å²) < 4.78 is 12.4. The summed E-state index contributed by atoms with van der Waals surface area (Å²) in [4.78, 5) is 4.02. The van der Waals surface area contributed by atoms with Gasteiger partial charge in [-0.05, 0) is 146 Å². The molecule has 0 aliphatic carbocycles. The lowest BCUT2D eigenvalue weighted by molar-refractivity contribution is 0.411. The van der Waals surface area contributed by atoms with E-state index in [1.54, 1.807) is 12.1 Å². The van der Waals surface area contributed by atoms with Gasteiger partial charge in [0.2, 0.25) is 0 Å². The second-order valence-corrected chi connectivity index (χ2v) is 21.2. The molecule has 0 fully saturated rings. The third-order valence-electron chi connectivity index (χ3n) is 11.8. The summed E-state index contributed by atoms with van der Waals surface area (Å²) in [5.74, 6) is 3.09. The molecule has 0 unspecified atom stereocenters. The van der Waals surface area contributed by atoms with Gasteiger partial charge in [-0.3, -0.25) is 4.98 Å². The molecule has 8 rings (SSSR count). The molecule has 380 valence electrons. The number of phenolic OH excluding ortho intramolecular Hbond substituents is 1. The number of halogens is 1. The molecular formula is C69H86FNO. The first kappa shape index (κ1) is 59.7. The highest BCUT2D eigenvalue weighted by molar-refractivity contribution is 5.31. The number of hydrogen-bond acceptors (Lipinski definition) is 2. The Morgan fingerprint density at radius 2 is 0.625 bits per heavy atom. The van der Waals surface area contributed by atoms with Crippen LogP contribution in [0.5, 0.6) is 5.75 Å². The highest BCUT2D eigenvalue weighted by Gasteiger charge is 2.10. The molecule has 0 bridgehead atoms. The van der Waals surface area contributed by atoms with Gasteiger partial charge in [-0.15, -0.1) is 0 Å². The van der Waals surface area contributed by atoms with Crippen LogP contribution in [-0.4, -0.2) is 10.1 Å². The minimum atomic E-state index is -0.163. The van der Waals surface area contributed by atoms with Crippen LogP contribution in [0.1, 0.15) is 175 Å². The fraction of sp³-hybridized carbons (Fsp3) is 0.319. The van der Waals surface area contributed by atoms with Gasteiger partial charge in [0, 0.05) is 12.4 Å². The predicted molar refractivity (Wildman–Crippen MR) is 310 cm³/mol. The van der Waals surface area contributed by atoms with Crippen molar-refractivity contribution in [3.8, 4) is 5.75 Å². The first-order valence-electron chi connectivity index (χ1n) is 26.0. The van der Waals surface area contributed by atoms with Crippen molar-refractivity contribution in [3.63, 3.8) is 0 Å². The normalized spacial score (nSPS) is 10.7. The number of aromatic hydroxyl groups is 1. The minimum absolute atomic E-state index is 0.163. The van der Waals surface area contributed by atoms with E-state index in [2.05, 4.69) is 241 Å². The molecular weight excluding hydrogens is 878 g/mol. The van der Waals surface area contributed by atoms with Crippen LogP contribution >= 0.6 is 0 Å². The van der Waals surface area contributed by atoms with E-state index in [-0.39, 0.29) is 5.82 Å². The Hall–Kier alpha value is -6.58. The van der Waals surface area contributed by atoms with Crippen molar-refractivity contribution in [2.24, 2.45) is 5.41 Å². The summed E-state index contributed by atoms with van der Waals surface area (Å²) >= 11 is 0. The van der Waals surface area contributed by atoms with Gasteiger partial charge in [-0.2, -0.15) is 0 Å². The van der Waals surface area contributed by atoms with Crippen LogP contribution in [0.2, 0.25) is 0 Å². The van der Waals surface area contributed by atoms with Crippen molar-refractivity contribution in [1.82, 2.24) is 4.98 Å². The SMILES string of the molecule is CC(C)(C)Cc1ccccc1.CC(C)c1ccc(Cc2ccccc2)cc1.CC(C)c1ccc(Cc2ccncc2)cc1.CC(C)c1ccc(F)cc1.CC(C)c1ccc(O)cc1.CC(C)c1ccccc1. The topological polar surface area (TPSA) is 33.1 Å². The summed E-state index contributed by atoms with van der Waals surface area (Å²) in [6.07, 6.45) is 6.86. The number of aromatic nitrogens is 1. The quantitative estimate of drug-likeness (QED) is 0.148. The van der Waals surface area contributed by atoms with Gasteiger partial charge >= 0.3 is 0 Å². The Balaban J connectivity index is 0.000000232. The van der Waals surface area contributed by atoms with Crippen LogP contribution in [0.15, 0.2) is 213 Å². The Kier molecular flexibility index (Phi) is 26.9. The largest absolute Gasteiger partial charge is 0.508 e. The van der Waals surface area contributed by atoms with E-state index >= 15 is 0 Å². The molecule has 2 nitrogen and oxygen atoms in total. The van der Waals surface area contributed by atoms with Crippen LogP contribution in [0.25, 0.3) is 0 Å². The zero-order valence-electron chi connectivity index (χ0n) is 46.0. The molecule has 0 spiro atoms. The summed E-state index contributed by atoms with van der Waals surface area (Å²) in [7, 11) is 0. The van der Waals surface area contributed by atoms with Crippen LogP contribution in [0, 0.1) is 11.2 Å². The number of phenols is 1. The summed E-state index contributed by atoms with van der Waals surface area (Å²) in [6.45, 7) is 28.5. The fourth-order valence-electron chi connectivity index (χ4n) is 7.36. The van der Waals surface area contributed by atoms with E-state index in [0.717, 1.165) is 19.3 Å². The lowest BCUT2D eigenvalue weighted by atomic mass is 9.88. The van der Waals surface area contributed by atoms with Crippen molar-refractivity contribution in [1.29, 1.82) is 0 Å². The molecule has 3 heteroatoms. The zero-order chi connectivity index (χ0) is 52.9. The molecule has 7 aromatic carbocycles. The molecule has 72 heavy (non-hydrogen) atoms. The molecule has 0 atom stereocenters. The average molecular weight is 964 g/mol. The van der Waals surface area contributed by atoms with Crippen LogP contribution in [0.3, 0.4) is 0 Å². The lowest BCUT2D eigenvalue weighted by Crippen LogP contribution is -2.08. The summed E-state index contributed by atoms with van der Waals surface area (Å²) in [5, 5.41) is 8.94. The molecule has 0 aliphatic rings. The third-order valence-corrected chi connectivity index (χ3v) is 11.8. The first-order valence-corrected chi connectivity index (χ1v) is 26.0. The van der Waals surface area contributed by atoms with Crippen molar-refractivity contribution in [2.75, 3.05) is 0 Å². The third kappa shape index (κ3) is 25.5. The van der Waals surface area contributed by atoms with Crippen molar-refractivity contribution < 1.29 is 9.50 Å². The average Bonchev–Trinajstić information content (AvgIpc) is 3.36. The molecule has 1 heterocycles. The van der Waals surface area contributed by atoms with E-state index in [1.807, 2.05) is 42.7 Å². The van der Waals surface area contributed by atoms with Gasteiger partial charge < -0.3 is 5.11 Å². The molecule has 1 N–H and O–H groups in total. The number of benzene rings is 7. The Morgan fingerprint density at radius 1 is 0.347 bits per heavy atom. The number of hydrogen-bond donors (Lipinski definition) is 1. The van der Waals surface area contributed by atoms with Gasteiger partial charge in [0.25, 0.3) is 0 Å². The van der Waals surface area contributed by atoms with E-state index in [9.17, 15) is 4.39 Å². The summed E-state index contributed by atoms with van der Waals surface area (Å²) in [6, 6.07) is 67.7. The highest BCUT2D eigenvalue weighted by Crippen LogP contribution is 2.21. The molecule has 0 saturated carbocycles. The number of nitrogens with zero attached hydrogens (tertiary/aromatic N) is 1. The fourth-order valence-corrected chi connectivity index (χ4v) is 7.36.